The molecule has 2 aromatic carbocycles. The molecule has 3 rings (SSSR count). The van der Waals surface area contributed by atoms with E-state index >= 15 is 0 Å². The van der Waals surface area contributed by atoms with Crippen LogP contribution in [0.15, 0.2) is 42.7 Å². The maximum Gasteiger partial charge on any atom is 0.141 e. The lowest BCUT2D eigenvalue weighted by Gasteiger charge is -2.10. The molecule has 0 amide bonds. The van der Waals surface area contributed by atoms with Gasteiger partial charge in [0.15, 0.2) is 0 Å². The summed E-state index contributed by atoms with van der Waals surface area (Å²) in [5.41, 5.74) is 4.49. The van der Waals surface area contributed by atoms with E-state index in [0.29, 0.717) is 0 Å². The summed E-state index contributed by atoms with van der Waals surface area (Å²) >= 11 is 2.30. The zero-order valence-corrected chi connectivity index (χ0v) is 13.5. The van der Waals surface area contributed by atoms with Crippen LogP contribution in [0, 0.1) is 17.4 Å². The number of anilines is 2. The predicted molar refractivity (Wildman–Crippen MR) is 91.5 cm³/mol. The Balaban J connectivity index is 2.07. The second-order valence-corrected chi connectivity index (χ2v) is 6.05. The van der Waals surface area contributed by atoms with Crippen molar-refractivity contribution in [2.75, 3.05) is 5.32 Å². The molecule has 4 heteroatoms. The second-order valence-electron chi connectivity index (χ2n) is 4.81. The number of hydrogen-bond donors (Lipinski definition) is 1. The summed E-state index contributed by atoms with van der Waals surface area (Å²) in [4.78, 5) is 8.72. The predicted octanol–water partition coefficient (Wildman–Crippen LogP) is 4.59. The first-order valence-corrected chi connectivity index (χ1v) is 7.46. The van der Waals surface area contributed by atoms with Crippen molar-refractivity contribution in [3.05, 3.63) is 57.4 Å². The van der Waals surface area contributed by atoms with Gasteiger partial charge in [-0.2, -0.15) is 0 Å². The number of hydrogen-bond acceptors (Lipinski definition) is 3. The van der Waals surface area contributed by atoms with E-state index in [1.165, 1.54) is 14.7 Å². The lowest BCUT2D eigenvalue weighted by Crippen LogP contribution is -1.97. The largest absolute Gasteiger partial charge is 0.340 e. The first kappa shape index (κ1) is 13.3. The lowest BCUT2D eigenvalue weighted by molar-refractivity contribution is 1.21. The number of nitrogens with one attached hydrogen (secondary N) is 1. The minimum atomic E-state index is 0.847. The van der Waals surface area contributed by atoms with Crippen molar-refractivity contribution in [3.63, 3.8) is 0 Å². The molecule has 0 radical (unpaired) electrons. The molecule has 100 valence electrons. The quantitative estimate of drug-likeness (QED) is 0.666. The Kier molecular flexibility index (Phi) is 3.56. The van der Waals surface area contributed by atoms with E-state index in [9.17, 15) is 0 Å². The van der Waals surface area contributed by atoms with Gasteiger partial charge in [-0.3, -0.25) is 0 Å². The molecule has 3 aromatic rings. The monoisotopic (exact) mass is 375 g/mol. The van der Waals surface area contributed by atoms with Crippen LogP contribution in [-0.2, 0) is 0 Å². The second kappa shape index (κ2) is 5.36. The first-order valence-electron chi connectivity index (χ1n) is 6.38. The van der Waals surface area contributed by atoms with Crippen molar-refractivity contribution in [1.29, 1.82) is 0 Å². The van der Waals surface area contributed by atoms with Gasteiger partial charge in [0.1, 0.15) is 12.1 Å². The summed E-state index contributed by atoms with van der Waals surface area (Å²) in [5.74, 6) is 0.847. The molecule has 0 aliphatic heterocycles. The number of nitrogens with zero attached hydrogens (tertiary/aromatic N) is 2. The van der Waals surface area contributed by atoms with Gasteiger partial charge in [0, 0.05) is 14.6 Å². The van der Waals surface area contributed by atoms with Gasteiger partial charge >= 0.3 is 0 Å². The summed E-state index contributed by atoms with van der Waals surface area (Å²) < 4.78 is 1.21. The third-order valence-electron chi connectivity index (χ3n) is 3.36. The first-order chi connectivity index (χ1) is 9.63. The normalized spacial score (nSPS) is 10.8. The molecule has 1 N–H and O–H groups in total. The number of benzene rings is 2. The van der Waals surface area contributed by atoms with E-state index < -0.39 is 0 Å². The highest BCUT2D eigenvalue weighted by Gasteiger charge is 2.06. The Morgan fingerprint density at radius 1 is 0.950 bits per heavy atom. The highest BCUT2D eigenvalue weighted by Crippen LogP contribution is 2.25. The topological polar surface area (TPSA) is 37.8 Å². The zero-order valence-electron chi connectivity index (χ0n) is 11.3. The van der Waals surface area contributed by atoms with E-state index in [1.54, 1.807) is 6.33 Å². The van der Waals surface area contributed by atoms with Crippen molar-refractivity contribution >= 4 is 45.0 Å². The van der Waals surface area contributed by atoms with Gasteiger partial charge in [-0.05, 0) is 84.0 Å². The third kappa shape index (κ3) is 2.60. The van der Waals surface area contributed by atoms with Gasteiger partial charge in [-0.25, -0.2) is 9.97 Å². The fraction of sp³-hybridized carbons (Fsp3) is 0.125. The van der Waals surface area contributed by atoms with Gasteiger partial charge in [-0.1, -0.05) is 0 Å². The Bertz CT molecular complexity index is 767. The molecule has 1 heterocycles. The van der Waals surface area contributed by atoms with E-state index in [-0.39, 0.29) is 0 Å². The highest BCUT2D eigenvalue weighted by molar-refractivity contribution is 14.1. The van der Waals surface area contributed by atoms with Gasteiger partial charge in [0.05, 0.1) is 5.52 Å². The third-order valence-corrected chi connectivity index (χ3v) is 4.08. The van der Waals surface area contributed by atoms with Crippen LogP contribution in [-0.4, -0.2) is 9.97 Å². The Morgan fingerprint density at radius 3 is 2.40 bits per heavy atom. The smallest absolute Gasteiger partial charge is 0.141 e. The Morgan fingerprint density at radius 2 is 1.65 bits per heavy atom. The average molecular weight is 375 g/mol. The molecule has 0 bridgehead atoms. The van der Waals surface area contributed by atoms with Gasteiger partial charge < -0.3 is 5.32 Å². The maximum atomic E-state index is 4.37. The molecule has 0 fully saturated rings. The standard InChI is InChI=1S/C16H14IN3/c1-10-7-14-15(8-11(10)2)18-9-19-16(14)20-13-5-3-12(17)4-6-13/h3-9H,1-2H3,(H,18,19,20). The van der Waals surface area contributed by atoms with Crippen molar-refractivity contribution < 1.29 is 0 Å². The molecule has 0 saturated heterocycles. The van der Waals surface area contributed by atoms with Crippen molar-refractivity contribution in [2.24, 2.45) is 0 Å². The van der Waals surface area contributed by atoms with Crippen LogP contribution >= 0.6 is 22.6 Å². The summed E-state index contributed by atoms with van der Waals surface area (Å²) in [6.45, 7) is 4.21. The van der Waals surface area contributed by atoms with Gasteiger partial charge in [0.2, 0.25) is 0 Å². The average Bonchev–Trinajstić information content (AvgIpc) is 2.43. The van der Waals surface area contributed by atoms with Crippen molar-refractivity contribution in [3.8, 4) is 0 Å². The molecule has 3 nitrogen and oxygen atoms in total. The molecule has 0 spiro atoms. The SMILES string of the molecule is Cc1cc2ncnc(Nc3ccc(I)cc3)c2cc1C. The molecular formula is C16H14IN3. The molecule has 20 heavy (non-hydrogen) atoms. The summed E-state index contributed by atoms with van der Waals surface area (Å²) in [6.07, 6.45) is 1.60. The van der Waals surface area contributed by atoms with E-state index in [4.69, 9.17) is 0 Å². The fourth-order valence-electron chi connectivity index (χ4n) is 2.09. The number of aryl methyl sites for hydroxylation is 2. The molecular weight excluding hydrogens is 361 g/mol. The minimum absolute atomic E-state index is 0.847. The lowest BCUT2D eigenvalue weighted by atomic mass is 10.1. The molecule has 0 aliphatic rings. The van der Waals surface area contributed by atoms with Crippen LogP contribution in [0.2, 0.25) is 0 Å². The maximum absolute atomic E-state index is 4.37. The van der Waals surface area contributed by atoms with Gasteiger partial charge in [-0.15, -0.1) is 0 Å². The van der Waals surface area contributed by atoms with Crippen LogP contribution in [0.4, 0.5) is 11.5 Å². The molecule has 0 saturated carbocycles. The van der Waals surface area contributed by atoms with E-state index in [1.807, 2.05) is 0 Å². The fourth-order valence-corrected chi connectivity index (χ4v) is 2.44. The molecule has 0 unspecified atom stereocenters. The number of halogens is 1. The van der Waals surface area contributed by atoms with Crippen LogP contribution in [0.5, 0.6) is 0 Å². The molecule has 1 aromatic heterocycles. The molecule has 0 atom stereocenters. The number of fused-ring (bicyclic) bond motifs is 1. The van der Waals surface area contributed by atoms with Crippen LogP contribution in [0.3, 0.4) is 0 Å². The van der Waals surface area contributed by atoms with Crippen molar-refractivity contribution in [1.82, 2.24) is 9.97 Å². The Labute approximate surface area is 131 Å². The van der Waals surface area contributed by atoms with Crippen molar-refractivity contribution in [2.45, 2.75) is 13.8 Å². The van der Waals surface area contributed by atoms with E-state index in [2.05, 4.69) is 88.1 Å². The number of rotatable bonds is 2. The van der Waals surface area contributed by atoms with Crippen LogP contribution < -0.4 is 5.32 Å². The summed E-state index contributed by atoms with van der Waals surface area (Å²) in [5, 5.41) is 4.42. The molecule has 0 aliphatic carbocycles. The van der Waals surface area contributed by atoms with Crippen LogP contribution in [0.1, 0.15) is 11.1 Å². The van der Waals surface area contributed by atoms with E-state index in [0.717, 1.165) is 22.4 Å². The van der Waals surface area contributed by atoms with Crippen LogP contribution in [0.25, 0.3) is 10.9 Å². The number of aromatic nitrogens is 2. The summed E-state index contributed by atoms with van der Waals surface area (Å²) in [7, 11) is 0. The highest BCUT2D eigenvalue weighted by atomic mass is 127. The summed E-state index contributed by atoms with van der Waals surface area (Å²) in [6, 6.07) is 12.5. The Hall–Kier alpha value is -1.69. The van der Waals surface area contributed by atoms with Gasteiger partial charge in [0.25, 0.3) is 0 Å². The zero-order chi connectivity index (χ0) is 14.1. The minimum Gasteiger partial charge on any atom is -0.340 e.